The maximum atomic E-state index is 12.5. The Bertz CT molecular complexity index is 594. The van der Waals surface area contributed by atoms with E-state index in [2.05, 4.69) is 5.32 Å². The largest absolute Gasteiger partial charge is 0.474 e. The number of nitro benzene ring substituents is 1. The highest BCUT2D eigenvalue weighted by Gasteiger charge is 2.28. The number of benzene rings is 1. The van der Waals surface area contributed by atoms with Crippen LogP contribution in [0.15, 0.2) is 18.2 Å². The molecule has 0 spiro atoms. The lowest BCUT2D eigenvalue weighted by Crippen LogP contribution is -2.48. The number of hydrogen-bond donors (Lipinski definition) is 1. The monoisotopic (exact) mass is 377 g/mol. The zero-order valence-electron chi connectivity index (χ0n) is 13.5. The van der Waals surface area contributed by atoms with Gasteiger partial charge in [0.25, 0.3) is 5.91 Å². The van der Waals surface area contributed by atoms with Gasteiger partial charge in [-0.25, -0.2) is 0 Å². The Hall–Kier alpha value is -1.57. The summed E-state index contributed by atoms with van der Waals surface area (Å²) in [6.45, 7) is 3.35. The van der Waals surface area contributed by atoms with E-state index in [0.29, 0.717) is 0 Å². The topological polar surface area (TPSA) is 84.7 Å². The molecule has 0 radical (unpaired) electrons. The molecule has 24 heavy (non-hydrogen) atoms. The number of hydrogen-bond acceptors (Lipinski definition) is 5. The van der Waals surface area contributed by atoms with Crippen LogP contribution in [0.2, 0.25) is 5.02 Å². The van der Waals surface area contributed by atoms with E-state index in [9.17, 15) is 14.9 Å². The Labute approximate surface area is 151 Å². The van der Waals surface area contributed by atoms with Gasteiger partial charge in [0, 0.05) is 24.2 Å². The van der Waals surface area contributed by atoms with Crippen LogP contribution in [0.5, 0.6) is 5.75 Å². The van der Waals surface area contributed by atoms with Crippen LogP contribution in [-0.2, 0) is 4.79 Å². The summed E-state index contributed by atoms with van der Waals surface area (Å²) >= 11 is 5.77. The van der Waals surface area contributed by atoms with Gasteiger partial charge in [-0.3, -0.25) is 14.9 Å². The summed E-state index contributed by atoms with van der Waals surface area (Å²) < 4.78 is 5.53. The molecule has 1 heterocycles. The van der Waals surface area contributed by atoms with Crippen LogP contribution in [0, 0.1) is 10.1 Å². The Morgan fingerprint density at radius 3 is 2.67 bits per heavy atom. The van der Waals surface area contributed by atoms with Crippen LogP contribution in [-0.4, -0.2) is 48.0 Å². The van der Waals surface area contributed by atoms with Crippen molar-refractivity contribution in [2.24, 2.45) is 0 Å². The van der Waals surface area contributed by atoms with Crippen molar-refractivity contribution in [3.63, 3.8) is 0 Å². The number of carbonyl (C=O) groups excluding carboxylic acids is 1. The lowest BCUT2D eigenvalue weighted by molar-refractivity contribution is -0.386. The first-order chi connectivity index (χ1) is 10.9. The van der Waals surface area contributed by atoms with Gasteiger partial charge in [0.15, 0.2) is 11.9 Å². The molecule has 1 N–H and O–H groups in total. The molecule has 0 aliphatic carbocycles. The van der Waals surface area contributed by atoms with Gasteiger partial charge in [-0.1, -0.05) is 11.6 Å². The molecular formula is C15H21Cl2N3O4. The van der Waals surface area contributed by atoms with Crippen LogP contribution in [0.25, 0.3) is 0 Å². The van der Waals surface area contributed by atoms with E-state index in [1.54, 1.807) is 18.9 Å². The second kappa shape index (κ2) is 9.05. The number of nitro groups is 1. The van der Waals surface area contributed by atoms with Crippen LogP contribution in [0.4, 0.5) is 5.69 Å². The zero-order valence-corrected chi connectivity index (χ0v) is 15.1. The van der Waals surface area contributed by atoms with Gasteiger partial charge < -0.3 is 15.0 Å². The predicted octanol–water partition coefficient (Wildman–Crippen LogP) is 2.65. The second-order valence-electron chi connectivity index (χ2n) is 5.56. The quantitative estimate of drug-likeness (QED) is 0.629. The lowest BCUT2D eigenvalue weighted by Gasteiger charge is -2.33. The Morgan fingerprint density at radius 1 is 1.46 bits per heavy atom. The lowest BCUT2D eigenvalue weighted by atomic mass is 10.0. The van der Waals surface area contributed by atoms with Gasteiger partial charge in [-0.2, -0.15) is 0 Å². The van der Waals surface area contributed by atoms with Crippen molar-refractivity contribution in [2.45, 2.75) is 31.9 Å². The van der Waals surface area contributed by atoms with Crippen LogP contribution >= 0.6 is 24.0 Å². The van der Waals surface area contributed by atoms with Gasteiger partial charge in [0.2, 0.25) is 0 Å². The number of rotatable bonds is 5. The van der Waals surface area contributed by atoms with Crippen molar-refractivity contribution >= 4 is 35.6 Å². The molecule has 1 amide bonds. The molecule has 9 heteroatoms. The van der Waals surface area contributed by atoms with E-state index < -0.39 is 11.0 Å². The van der Waals surface area contributed by atoms with Crippen molar-refractivity contribution in [3.8, 4) is 5.75 Å². The molecule has 0 saturated carbocycles. The summed E-state index contributed by atoms with van der Waals surface area (Å²) in [5, 5.41) is 14.6. The average molecular weight is 378 g/mol. The molecule has 1 aliphatic rings. The van der Waals surface area contributed by atoms with E-state index >= 15 is 0 Å². The Morgan fingerprint density at radius 2 is 2.08 bits per heavy atom. The van der Waals surface area contributed by atoms with E-state index in [1.807, 2.05) is 0 Å². The summed E-state index contributed by atoms with van der Waals surface area (Å²) in [6, 6.07) is 4.28. The van der Waals surface area contributed by atoms with E-state index in [1.165, 1.54) is 18.2 Å². The summed E-state index contributed by atoms with van der Waals surface area (Å²) in [5.41, 5.74) is -0.248. The molecule has 1 saturated heterocycles. The normalized spacial score (nSPS) is 16.0. The summed E-state index contributed by atoms with van der Waals surface area (Å²) in [7, 11) is 1.74. The van der Waals surface area contributed by atoms with Crippen molar-refractivity contribution in [1.82, 2.24) is 10.2 Å². The van der Waals surface area contributed by atoms with Gasteiger partial charge in [-0.15, -0.1) is 12.4 Å². The number of halogens is 2. The van der Waals surface area contributed by atoms with Gasteiger partial charge in [0.1, 0.15) is 0 Å². The SMILES string of the molecule is CC(Oc1ccc(Cl)cc1[N+](=O)[O-])C(=O)N(C)C1CCNCC1.Cl. The number of piperidine rings is 1. The zero-order chi connectivity index (χ0) is 17.0. The molecule has 1 aliphatic heterocycles. The van der Waals surface area contributed by atoms with E-state index in [0.717, 1.165) is 25.9 Å². The maximum Gasteiger partial charge on any atom is 0.312 e. The molecule has 1 aromatic carbocycles. The summed E-state index contributed by atoms with van der Waals surface area (Å²) in [4.78, 5) is 24.6. The standard InChI is InChI=1S/C15H20ClN3O4.ClH/c1-10(15(20)18(2)12-5-7-17-8-6-12)23-14-4-3-11(16)9-13(14)19(21)22;/h3-4,9-10,12,17H,5-8H2,1-2H3;1H. The first kappa shape index (κ1) is 20.5. The molecule has 0 bridgehead atoms. The minimum atomic E-state index is -0.810. The second-order valence-corrected chi connectivity index (χ2v) is 6.00. The highest BCUT2D eigenvalue weighted by Crippen LogP contribution is 2.31. The predicted molar refractivity (Wildman–Crippen MR) is 94.1 cm³/mol. The fourth-order valence-corrected chi connectivity index (χ4v) is 2.80. The van der Waals surface area contributed by atoms with Gasteiger partial charge in [-0.05, 0) is 45.0 Å². The number of likely N-dealkylation sites (N-methyl/N-ethyl adjacent to an activating group) is 1. The summed E-state index contributed by atoms with van der Waals surface area (Å²) in [5.74, 6) is -0.153. The highest BCUT2D eigenvalue weighted by atomic mass is 35.5. The molecule has 1 aromatic rings. The smallest absolute Gasteiger partial charge is 0.312 e. The highest BCUT2D eigenvalue weighted by molar-refractivity contribution is 6.30. The molecule has 134 valence electrons. The fourth-order valence-electron chi connectivity index (χ4n) is 2.63. The third kappa shape index (κ3) is 4.96. The fraction of sp³-hybridized carbons (Fsp3) is 0.533. The van der Waals surface area contributed by atoms with Crippen molar-refractivity contribution in [1.29, 1.82) is 0 Å². The molecule has 2 rings (SSSR count). The molecule has 1 fully saturated rings. The minimum absolute atomic E-state index is 0. The van der Waals surface area contributed by atoms with Crippen molar-refractivity contribution in [2.75, 3.05) is 20.1 Å². The number of amides is 1. The third-order valence-electron chi connectivity index (χ3n) is 3.97. The Balaban J connectivity index is 0.00000288. The third-order valence-corrected chi connectivity index (χ3v) is 4.21. The summed E-state index contributed by atoms with van der Waals surface area (Å²) in [6.07, 6.45) is 0.960. The number of carbonyl (C=O) groups is 1. The first-order valence-electron chi connectivity index (χ1n) is 7.48. The number of ether oxygens (including phenoxy) is 1. The van der Waals surface area contributed by atoms with Crippen molar-refractivity contribution < 1.29 is 14.5 Å². The molecular weight excluding hydrogens is 357 g/mol. The number of nitrogens with one attached hydrogen (secondary N) is 1. The van der Waals surface area contributed by atoms with Gasteiger partial charge >= 0.3 is 5.69 Å². The van der Waals surface area contributed by atoms with Crippen LogP contribution < -0.4 is 10.1 Å². The molecule has 1 atom stereocenters. The van der Waals surface area contributed by atoms with E-state index in [-0.39, 0.29) is 40.8 Å². The molecule has 7 nitrogen and oxygen atoms in total. The maximum absolute atomic E-state index is 12.5. The Kier molecular flexibility index (Phi) is 7.72. The van der Waals surface area contributed by atoms with Gasteiger partial charge in [0.05, 0.1) is 4.92 Å². The van der Waals surface area contributed by atoms with Crippen LogP contribution in [0.1, 0.15) is 19.8 Å². The molecule has 0 aromatic heterocycles. The first-order valence-corrected chi connectivity index (χ1v) is 7.86. The van der Waals surface area contributed by atoms with Crippen LogP contribution in [0.3, 0.4) is 0 Å². The van der Waals surface area contributed by atoms with Crippen molar-refractivity contribution in [3.05, 3.63) is 33.3 Å². The average Bonchev–Trinajstić information content (AvgIpc) is 2.55. The number of nitrogens with zero attached hydrogens (tertiary/aromatic N) is 2. The van der Waals surface area contributed by atoms with E-state index in [4.69, 9.17) is 16.3 Å². The molecule has 1 unspecified atom stereocenters. The minimum Gasteiger partial charge on any atom is -0.474 e.